The molecule has 57 heavy (non-hydrogen) atoms. The van der Waals surface area contributed by atoms with Gasteiger partial charge in [-0.1, -0.05) is 12.1 Å². The molecule has 0 spiro atoms. The fraction of sp³-hybridized carbons (Fsp3) is 0.286. The molecule has 1 amide bonds. The highest BCUT2D eigenvalue weighted by atomic mass is 35.5. The number of rotatable bonds is 5. The smallest absolute Gasteiger partial charge is 0.237 e. The number of carbonyl (C=O) groups is 2. The Hall–Kier alpha value is -6.41. The van der Waals surface area contributed by atoms with Gasteiger partial charge in [-0.3, -0.25) is 14.9 Å². The third-order valence-corrected chi connectivity index (χ3v) is 11.8. The van der Waals surface area contributed by atoms with Crippen LogP contribution < -0.4 is 30.0 Å². The van der Waals surface area contributed by atoms with Gasteiger partial charge >= 0.3 is 0 Å². The topological polar surface area (TPSA) is 187 Å². The standard InChI is InChI=1S/C21H17N3O4.C11H9ClO3.C10H9N3O/c25-19(21(6-7-21)12-1-3-17-18(9-12)28-11-27-17)24-20-22-10-14-13-5-8-26-16(13)4-2-15(14)23-20;12-10(13)11(3-4-11)7-1-2-8-9(5-7)15-6-14-8;11-10-12-5-7-6-3-4-14-9(6)2-1-8(7)13-10/h1,3,5,8-10H,2,4,6-7,11H2,(H,22,23,24,25);1-2,5H,3-4,6H2;3-5H,1-2H2,(H2,11,12,13). The number of benzene rings is 2. The van der Waals surface area contributed by atoms with Crippen LogP contribution in [0.5, 0.6) is 23.0 Å². The number of aromatic nitrogens is 4. The van der Waals surface area contributed by atoms with Gasteiger partial charge < -0.3 is 33.5 Å². The first-order valence-corrected chi connectivity index (χ1v) is 19.1. The van der Waals surface area contributed by atoms with Crippen molar-refractivity contribution in [1.29, 1.82) is 0 Å². The number of fused-ring (bicyclic) bond motifs is 8. The summed E-state index contributed by atoms with van der Waals surface area (Å²) in [5.74, 6) is 5.45. The third kappa shape index (κ3) is 6.29. The molecule has 12 rings (SSSR count). The van der Waals surface area contributed by atoms with Crippen molar-refractivity contribution in [3.8, 4) is 45.3 Å². The number of hydrogen-bond acceptors (Lipinski definition) is 13. The zero-order chi connectivity index (χ0) is 38.7. The molecule has 6 heterocycles. The Kier molecular flexibility index (Phi) is 8.39. The molecule has 3 N–H and O–H groups in total. The summed E-state index contributed by atoms with van der Waals surface area (Å²) in [7, 11) is 0. The maximum absolute atomic E-state index is 13.0. The van der Waals surface area contributed by atoms with Crippen LogP contribution >= 0.6 is 11.6 Å². The van der Waals surface area contributed by atoms with E-state index in [1.807, 2.05) is 48.5 Å². The van der Waals surface area contributed by atoms with Crippen LogP contribution in [-0.2, 0) is 46.1 Å². The number of carbonyl (C=O) groups excluding carboxylic acids is 2. The van der Waals surface area contributed by atoms with Crippen LogP contribution in [0.2, 0.25) is 0 Å². The van der Waals surface area contributed by atoms with Crippen molar-refractivity contribution in [2.75, 3.05) is 24.6 Å². The maximum atomic E-state index is 13.0. The van der Waals surface area contributed by atoms with Crippen LogP contribution in [0, 0.1) is 0 Å². The predicted octanol–water partition coefficient (Wildman–Crippen LogP) is 6.86. The fourth-order valence-corrected chi connectivity index (χ4v) is 8.16. The second kappa shape index (κ2) is 13.7. The highest BCUT2D eigenvalue weighted by Gasteiger charge is 2.52. The number of furan rings is 2. The van der Waals surface area contributed by atoms with Gasteiger partial charge in [0.15, 0.2) is 23.0 Å². The molecule has 15 heteroatoms. The number of ether oxygens (including phenoxy) is 4. The summed E-state index contributed by atoms with van der Waals surface area (Å²) in [6, 6.07) is 15.2. The number of nitrogens with one attached hydrogen (secondary N) is 1. The first-order chi connectivity index (χ1) is 27.8. The molecular formula is C42H35ClN6O8. The van der Waals surface area contributed by atoms with Crippen LogP contribution in [0.4, 0.5) is 11.9 Å². The molecular weight excluding hydrogens is 752 g/mol. The zero-order valence-corrected chi connectivity index (χ0v) is 31.3. The molecule has 0 radical (unpaired) electrons. The first-order valence-electron chi connectivity index (χ1n) is 18.7. The van der Waals surface area contributed by atoms with Gasteiger partial charge in [-0.2, -0.15) is 0 Å². The minimum atomic E-state index is -0.544. The van der Waals surface area contributed by atoms with Crippen molar-refractivity contribution >= 4 is 34.6 Å². The SMILES string of the molecule is Nc1ncc2c(n1)CCc1occc1-2.O=C(Cl)C1(c2ccc3c(c2)OCO3)CC1.O=C(Nc1ncc2c(n1)CCc1occc1-2)C1(c2ccc3c(c2)OCO3)CC1. The number of amides is 1. The summed E-state index contributed by atoms with van der Waals surface area (Å²) in [5.41, 5.74) is 12.5. The Morgan fingerprint density at radius 1 is 0.632 bits per heavy atom. The van der Waals surface area contributed by atoms with Crippen LogP contribution in [0.15, 0.2) is 82.3 Å². The number of nitrogens with zero attached hydrogens (tertiary/aromatic N) is 4. The summed E-state index contributed by atoms with van der Waals surface area (Å²) in [6.45, 7) is 0.472. The van der Waals surface area contributed by atoms with Gasteiger partial charge in [-0.05, 0) is 97.7 Å². The molecule has 4 aromatic heterocycles. The van der Waals surface area contributed by atoms with Gasteiger partial charge in [0.1, 0.15) is 11.5 Å². The second-order valence-electron chi connectivity index (χ2n) is 14.7. The van der Waals surface area contributed by atoms with Crippen molar-refractivity contribution in [2.45, 2.75) is 62.2 Å². The van der Waals surface area contributed by atoms with Gasteiger partial charge in [-0.25, -0.2) is 19.9 Å². The first kappa shape index (κ1) is 35.0. The summed E-state index contributed by atoms with van der Waals surface area (Å²) >= 11 is 5.61. The molecule has 4 aliphatic carbocycles. The van der Waals surface area contributed by atoms with E-state index in [0.717, 1.165) is 119 Å². The number of aryl methyl sites for hydroxylation is 4. The quantitative estimate of drug-likeness (QED) is 0.173. The van der Waals surface area contributed by atoms with E-state index in [2.05, 4.69) is 25.3 Å². The van der Waals surface area contributed by atoms with E-state index in [1.54, 1.807) is 24.9 Å². The average molecular weight is 787 g/mol. The number of halogens is 1. The van der Waals surface area contributed by atoms with Gasteiger partial charge in [0.05, 0.1) is 34.7 Å². The molecule has 2 aliphatic heterocycles. The number of nitrogens with two attached hydrogens (primary N) is 1. The number of anilines is 2. The van der Waals surface area contributed by atoms with E-state index in [0.29, 0.717) is 23.4 Å². The highest BCUT2D eigenvalue weighted by molar-refractivity contribution is 6.66. The van der Waals surface area contributed by atoms with E-state index in [1.165, 1.54) is 0 Å². The van der Waals surface area contributed by atoms with Crippen LogP contribution in [0.25, 0.3) is 22.3 Å². The van der Waals surface area contributed by atoms with Crippen LogP contribution in [0.3, 0.4) is 0 Å². The van der Waals surface area contributed by atoms with E-state index < -0.39 is 10.8 Å². The molecule has 0 atom stereocenters. The fourth-order valence-electron chi connectivity index (χ4n) is 7.86. The summed E-state index contributed by atoms with van der Waals surface area (Å²) in [6.07, 6.45) is 13.5. The summed E-state index contributed by atoms with van der Waals surface area (Å²) < 4.78 is 32.1. The Balaban J connectivity index is 0.000000115. The van der Waals surface area contributed by atoms with Gasteiger partial charge in [0, 0.05) is 47.5 Å². The predicted molar refractivity (Wildman–Crippen MR) is 205 cm³/mol. The molecule has 14 nitrogen and oxygen atoms in total. The maximum Gasteiger partial charge on any atom is 0.237 e. The Morgan fingerprint density at radius 2 is 1.16 bits per heavy atom. The minimum Gasteiger partial charge on any atom is -0.469 e. The lowest BCUT2D eigenvalue weighted by Crippen LogP contribution is -2.29. The summed E-state index contributed by atoms with van der Waals surface area (Å²) in [5, 5.41) is 2.65. The van der Waals surface area contributed by atoms with Crippen molar-refractivity contribution in [1.82, 2.24) is 19.9 Å². The van der Waals surface area contributed by atoms with E-state index in [9.17, 15) is 9.59 Å². The van der Waals surface area contributed by atoms with E-state index in [4.69, 9.17) is 45.1 Å². The molecule has 288 valence electrons. The van der Waals surface area contributed by atoms with E-state index in [-0.39, 0.29) is 24.7 Å². The lowest BCUT2D eigenvalue weighted by atomic mass is 9.94. The van der Waals surface area contributed by atoms with Crippen LogP contribution in [-0.4, -0.2) is 44.7 Å². The lowest BCUT2D eigenvalue weighted by molar-refractivity contribution is -0.118. The normalized spacial score (nSPS) is 17.2. The molecule has 2 fully saturated rings. The molecule has 2 aromatic carbocycles. The lowest BCUT2D eigenvalue weighted by Gasteiger charge is -2.18. The van der Waals surface area contributed by atoms with E-state index >= 15 is 0 Å². The Labute approximate surface area is 330 Å². The third-order valence-electron chi connectivity index (χ3n) is 11.4. The molecule has 2 saturated carbocycles. The Morgan fingerprint density at radius 3 is 1.72 bits per heavy atom. The molecule has 6 aromatic rings. The average Bonchev–Trinajstić information content (AvgIpc) is 3.86. The monoisotopic (exact) mass is 786 g/mol. The van der Waals surface area contributed by atoms with Crippen LogP contribution in [0.1, 0.15) is 59.7 Å². The molecule has 0 saturated heterocycles. The summed E-state index contributed by atoms with van der Waals surface area (Å²) in [4.78, 5) is 41.5. The van der Waals surface area contributed by atoms with Gasteiger partial charge in [0.25, 0.3) is 0 Å². The molecule has 0 unspecified atom stereocenters. The van der Waals surface area contributed by atoms with Crippen molar-refractivity contribution in [3.63, 3.8) is 0 Å². The van der Waals surface area contributed by atoms with Crippen molar-refractivity contribution in [3.05, 3.63) is 107 Å². The number of nitrogen functional groups attached to an aromatic ring is 1. The van der Waals surface area contributed by atoms with Crippen molar-refractivity contribution in [2.24, 2.45) is 0 Å². The van der Waals surface area contributed by atoms with Gasteiger partial charge in [0.2, 0.25) is 36.6 Å². The zero-order valence-electron chi connectivity index (χ0n) is 30.5. The van der Waals surface area contributed by atoms with Crippen molar-refractivity contribution < 1.29 is 37.4 Å². The number of hydrogen-bond donors (Lipinski definition) is 2. The molecule has 0 bridgehead atoms. The molecule has 6 aliphatic rings. The Bertz CT molecular complexity index is 2580. The second-order valence-corrected chi connectivity index (χ2v) is 15.0. The minimum absolute atomic E-state index is 0.0777. The highest BCUT2D eigenvalue weighted by Crippen LogP contribution is 2.52. The van der Waals surface area contributed by atoms with Gasteiger partial charge in [-0.15, -0.1) is 0 Å². The largest absolute Gasteiger partial charge is 0.469 e.